The smallest absolute Gasteiger partial charge is 0.121 e. The van der Waals surface area contributed by atoms with E-state index in [0.717, 1.165) is 27.8 Å². The minimum atomic E-state index is -0.149. The van der Waals surface area contributed by atoms with Gasteiger partial charge in [-0.2, -0.15) is 0 Å². The average Bonchev–Trinajstić information content (AvgIpc) is 2.41. The first kappa shape index (κ1) is 12.7. The van der Waals surface area contributed by atoms with Crippen molar-refractivity contribution in [3.8, 4) is 5.75 Å². The number of hydrogen-bond acceptors (Lipinski definition) is 2. The highest BCUT2D eigenvalue weighted by molar-refractivity contribution is 5.50. The Bertz CT molecular complexity index is 561. The third-order valence-electron chi connectivity index (χ3n) is 3.59. The van der Waals surface area contributed by atoms with Crippen molar-refractivity contribution in [2.75, 3.05) is 0 Å². The van der Waals surface area contributed by atoms with Gasteiger partial charge in [0.1, 0.15) is 5.75 Å². The molecule has 0 aliphatic rings. The molecule has 0 amide bonds. The number of phenols is 1. The van der Waals surface area contributed by atoms with E-state index in [-0.39, 0.29) is 6.04 Å². The fraction of sp³-hybridized carbons (Fsp3) is 0.250. The molecular formula is C16H19NO. The number of hydrogen-bond donors (Lipinski definition) is 2. The second kappa shape index (κ2) is 4.83. The summed E-state index contributed by atoms with van der Waals surface area (Å²) in [6.45, 7) is 5.84. The van der Waals surface area contributed by atoms with Crippen LogP contribution in [0.2, 0.25) is 0 Å². The van der Waals surface area contributed by atoms with E-state index in [9.17, 15) is 5.11 Å². The summed E-state index contributed by atoms with van der Waals surface area (Å²) >= 11 is 0. The molecule has 1 atom stereocenters. The van der Waals surface area contributed by atoms with Crippen molar-refractivity contribution in [2.45, 2.75) is 26.8 Å². The molecular weight excluding hydrogens is 222 g/mol. The van der Waals surface area contributed by atoms with Crippen molar-refractivity contribution >= 4 is 0 Å². The number of aromatic hydroxyl groups is 1. The molecule has 3 N–H and O–H groups in total. The Morgan fingerprint density at radius 2 is 1.61 bits per heavy atom. The van der Waals surface area contributed by atoms with E-state index in [2.05, 4.69) is 0 Å². The molecule has 2 nitrogen and oxygen atoms in total. The zero-order valence-corrected chi connectivity index (χ0v) is 11.1. The van der Waals surface area contributed by atoms with E-state index in [1.807, 2.05) is 57.2 Å². The van der Waals surface area contributed by atoms with Crippen LogP contribution >= 0.6 is 0 Å². The van der Waals surface area contributed by atoms with Gasteiger partial charge < -0.3 is 10.8 Å². The van der Waals surface area contributed by atoms with E-state index in [1.54, 1.807) is 0 Å². The predicted molar refractivity (Wildman–Crippen MR) is 74.8 cm³/mol. The average molecular weight is 241 g/mol. The molecule has 1 unspecified atom stereocenters. The number of phenolic OH excluding ortho intramolecular Hbond substituents is 1. The molecule has 0 saturated heterocycles. The Morgan fingerprint density at radius 3 is 2.22 bits per heavy atom. The molecule has 0 aliphatic carbocycles. The van der Waals surface area contributed by atoms with Crippen LogP contribution in [-0.2, 0) is 0 Å². The molecule has 0 heterocycles. The molecule has 2 aromatic rings. The lowest BCUT2D eigenvalue weighted by molar-refractivity contribution is 0.465. The van der Waals surface area contributed by atoms with Crippen molar-refractivity contribution in [2.24, 2.45) is 5.73 Å². The zero-order valence-electron chi connectivity index (χ0n) is 11.1. The van der Waals surface area contributed by atoms with Gasteiger partial charge in [0, 0.05) is 0 Å². The number of aryl methyl sites for hydroxylation is 1. The van der Waals surface area contributed by atoms with Crippen LogP contribution in [0.4, 0.5) is 0 Å². The SMILES string of the molecule is Cc1cc(C(N)c2ccccc2)c(C)c(C)c1O. The first-order valence-corrected chi connectivity index (χ1v) is 6.12. The van der Waals surface area contributed by atoms with Crippen LogP contribution in [0.5, 0.6) is 5.75 Å². The molecule has 0 fully saturated rings. The van der Waals surface area contributed by atoms with Gasteiger partial charge >= 0.3 is 0 Å². The van der Waals surface area contributed by atoms with Gasteiger partial charge in [0.05, 0.1) is 6.04 Å². The van der Waals surface area contributed by atoms with E-state index in [4.69, 9.17) is 5.73 Å². The van der Waals surface area contributed by atoms with Crippen molar-refractivity contribution in [1.82, 2.24) is 0 Å². The fourth-order valence-electron chi connectivity index (χ4n) is 2.26. The second-order valence-electron chi connectivity index (χ2n) is 4.77. The summed E-state index contributed by atoms with van der Waals surface area (Å²) in [6, 6.07) is 11.9. The Morgan fingerprint density at radius 1 is 1.00 bits per heavy atom. The second-order valence-corrected chi connectivity index (χ2v) is 4.77. The standard InChI is InChI=1S/C16H19NO/c1-10-9-14(11(2)12(3)16(10)18)15(17)13-7-5-4-6-8-13/h4-9,15,18H,17H2,1-3H3. The summed E-state index contributed by atoms with van der Waals surface area (Å²) in [5.74, 6) is 0.372. The van der Waals surface area contributed by atoms with Gasteiger partial charge in [0.15, 0.2) is 0 Å². The highest BCUT2D eigenvalue weighted by atomic mass is 16.3. The molecule has 2 rings (SSSR count). The van der Waals surface area contributed by atoms with Crippen LogP contribution in [0, 0.1) is 20.8 Å². The first-order valence-electron chi connectivity index (χ1n) is 6.12. The molecule has 0 radical (unpaired) electrons. The lowest BCUT2D eigenvalue weighted by atomic mass is 9.91. The summed E-state index contributed by atoms with van der Waals surface area (Å²) < 4.78 is 0. The van der Waals surface area contributed by atoms with E-state index in [1.165, 1.54) is 0 Å². The van der Waals surface area contributed by atoms with Crippen LogP contribution < -0.4 is 5.73 Å². The number of rotatable bonds is 2. The van der Waals surface area contributed by atoms with Crippen molar-refractivity contribution in [1.29, 1.82) is 0 Å². The van der Waals surface area contributed by atoms with Crippen LogP contribution in [0.25, 0.3) is 0 Å². The minimum Gasteiger partial charge on any atom is -0.507 e. The minimum absolute atomic E-state index is 0.149. The topological polar surface area (TPSA) is 46.2 Å². The molecule has 0 saturated carbocycles. The highest BCUT2D eigenvalue weighted by Crippen LogP contribution is 2.32. The van der Waals surface area contributed by atoms with E-state index in [0.29, 0.717) is 5.75 Å². The van der Waals surface area contributed by atoms with Gasteiger partial charge in [-0.15, -0.1) is 0 Å². The third kappa shape index (κ3) is 2.12. The number of benzene rings is 2. The van der Waals surface area contributed by atoms with Crippen molar-refractivity contribution < 1.29 is 5.11 Å². The van der Waals surface area contributed by atoms with Crippen molar-refractivity contribution in [3.05, 3.63) is 64.2 Å². The van der Waals surface area contributed by atoms with Gasteiger partial charge in [-0.25, -0.2) is 0 Å². The summed E-state index contributed by atoms with van der Waals surface area (Å²) in [6.07, 6.45) is 0. The Labute approximate surface area is 108 Å². The monoisotopic (exact) mass is 241 g/mol. The van der Waals surface area contributed by atoms with Crippen LogP contribution in [0.3, 0.4) is 0 Å². The summed E-state index contributed by atoms with van der Waals surface area (Å²) in [5, 5.41) is 9.92. The largest absolute Gasteiger partial charge is 0.507 e. The molecule has 2 aromatic carbocycles. The van der Waals surface area contributed by atoms with E-state index >= 15 is 0 Å². The number of nitrogens with two attached hydrogens (primary N) is 1. The lowest BCUT2D eigenvalue weighted by Gasteiger charge is -2.19. The highest BCUT2D eigenvalue weighted by Gasteiger charge is 2.15. The third-order valence-corrected chi connectivity index (χ3v) is 3.59. The normalized spacial score (nSPS) is 12.4. The molecule has 18 heavy (non-hydrogen) atoms. The molecule has 94 valence electrons. The Kier molecular flexibility index (Phi) is 3.39. The molecule has 0 spiro atoms. The maximum Gasteiger partial charge on any atom is 0.121 e. The van der Waals surface area contributed by atoms with Gasteiger partial charge in [-0.1, -0.05) is 36.4 Å². The summed E-state index contributed by atoms with van der Waals surface area (Å²) in [7, 11) is 0. The summed E-state index contributed by atoms with van der Waals surface area (Å²) in [4.78, 5) is 0. The fourth-order valence-corrected chi connectivity index (χ4v) is 2.26. The summed E-state index contributed by atoms with van der Waals surface area (Å²) in [5.41, 5.74) is 11.3. The maximum absolute atomic E-state index is 9.92. The van der Waals surface area contributed by atoms with Gasteiger partial charge in [-0.3, -0.25) is 0 Å². The predicted octanol–water partition coefficient (Wildman–Crippen LogP) is 3.37. The zero-order chi connectivity index (χ0) is 13.3. The van der Waals surface area contributed by atoms with Crippen LogP contribution in [-0.4, -0.2) is 5.11 Å². The van der Waals surface area contributed by atoms with E-state index < -0.39 is 0 Å². The van der Waals surface area contributed by atoms with Crippen LogP contribution in [0.15, 0.2) is 36.4 Å². The molecule has 2 heteroatoms. The van der Waals surface area contributed by atoms with Gasteiger partial charge in [0.2, 0.25) is 0 Å². The Hall–Kier alpha value is -1.80. The quantitative estimate of drug-likeness (QED) is 0.846. The van der Waals surface area contributed by atoms with Crippen molar-refractivity contribution in [3.63, 3.8) is 0 Å². The molecule has 0 bridgehead atoms. The maximum atomic E-state index is 9.92. The first-order chi connectivity index (χ1) is 8.52. The van der Waals surface area contributed by atoms with Gasteiger partial charge in [0.25, 0.3) is 0 Å². The Balaban J connectivity index is 2.52. The lowest BCUT2D eigenvalue weighted by Crippen LogP contribution is -2.14. The van der Waals surface area contributed by atoms with Crippen LogP contribution in [0.1, 0.15) is 33.9 Å². The van der Waals surface area contributed by atoms with Gasteiger partial charge in [-0.05, 0) is 48.6 Å². The molecule has 0 aliphatic heterocycles. The molecule has 0 aromatic heterocycles.